The zero-order valence-corrected chi connectivity index (χ0v) is 27.6. The standard InChI is InChI=1S/C37H55NO6/c1-5-30(6-2)34(39)17-16-31-9-7-10-36(37(31)32-14-11-28(12-15-32)26-42-24-23-41-4)44-27-29-13-18-35-33(25-29)38(20-22-43-35)19-8-21-40-3/h11-15,18,25,30-31,36-37H,5-10,16-17,19-24,26-27H2,1-4H3/t31-,36-,37+/m0/s1. The Hall–Kier alpha value is -2.45. The molecule has 0 spiro atoms. The van der Waals surface area contributed by atoms with Crippen molar-refractivity contribution < 1.29 is 28.5 Å². The van der Waals surface area contributed by atoms with Crippen LogP contribution in [0.25, 0.3) is 0 Å². The summed E-state index contributed by atoms with van der Waals surface area (Å²) in [6.07, 6.45) is 7.82. The van der Waals surface area contributed by atoms with Gasteiger partial charge in [-0.1, -0.05) is 50.6 Å². The molecule has 1 aliphatic carbocycles. The number of ketones is 1. The maximum Gasteiger partial charge on any atom is 0.142 e. The van der Waals surface area contributed by atoms with E-state index in [1.165, 1.54) is 11.1 Å². The van der Waals surface area contributed by atoms with Crippen molar-refractivity contribution in [2.75, 3.05) is 58.6 Å². The number of rotatable bonds is 19. The van der Waals surface area contributed by atoms with E-state index in [2.05, 4.69) is 61.2 Å². The van der Waals surface area contributed by atoms with Crippen LogP contribution in [0.15, 0.2) is 42.5 Å². The van der Waals surface area contributed by atoms with Crippen LogP contribution in [0.3, 0.4) is 0 Å². The Morgan fingerprint density at radius 3 is 2.48 bits per heavy atom. The van der Waals surface area contributed by atoms with Crippen molar-refractivity contribution in [3.05, 3.63) is 59.2 Å². The van der Waals surface area contributed by atoms with Crippen LogP contribution in [0.4, 0.5) is 5.69 Å². The van der Waals surface area contributed by atoms with Crippen LogP contribution in [-0.4, -0.2) is 65.6 Å². The van der Waals surface area contributed by atoms with Crippen LogP contribution in [0, 0.1) is 11.8 Å². The van der Waals surface area contributed by atoms with Gasteiger partial charge in [-0.25, -0.2) is 0 Å². The van der Waals surface area contributed by atoms with Crippen LogP contribution in [0.2, 0.25) is 0 Å². The summed E-state index contributed by atoms with van der Waals surface area (Å²) in [6.45, 7) is 9.88. The van der Waals surface area contributed by atoms with Gasteiger partial charge in [0.1, 0.15) is 18.1 Å². The van der Waals surface area contributed by atoms with E-state index >= 15 is 0 Å². The summed E-state index contributed by atoms with van der Waals surface area (Å²) in [7, 11) is 3.44. The van der Waals surface area contributed by atoms with E-state index in [9.17, 15) is 4.79 Å². The predicted molar refractivity (Wildman–Crippen MR) is 176 cm³/mol. The van der Waals surface area contributed by atoms with E-state index < -0.39 is 0 Å². The number of methoxy groups -OCH3 is 2. The lowest BCUT2D eigenvalue weighted by atomic mass is 9.71. The summed E-state index contributed by atoms with van der Waals surface area (Å²) in [5.41, 5.74) is 4.78. The minimum Gasteiger partial charge on any atom is -0.490 e. The van der Waals surface area contributed by atoms with Crippen molar-refractivity contribution in [2.24, 2.45) is 11.8 Å². The van der Waals surface area contributed by atoms with E-state index in [-0.39, 0.29) is 17.9 Å². The fourth-order valence-electron chi connectivity index (χ4n) is 6.93. The Bertz CT molecular complexity index is 1120. The minimum absolute atomic E-state index is 0.103. The van der Waals surface area contributed by atoms with Crippen LogP contribution in [-0.2, 0) is 37.0 Å². The molecule has 0 bridgehead atoms. The summed E-state index contributed by atoms with van der Waals surface area (Å²) in [4.78, 5) is 15.4. The number of hydrogen-bond acceptors (Lipinski definition) is 7. The Balaban J connectivity index is 1.48. The lowest BCUT2D eigenvalue weighted by Gasteiger charge is -2.39. The highest BCUT2D eigenvalue weighted by atomic mass is 16.5. The molecule has 0 aromatic heterocycles. The fraction of sp³-hybridized carbons (Fsp3) is 0.649. The summed E-state index contributed by atoms with van der Waals surface area (Å²) in [5, 5.41) is 0. The zero-order valence-electron chi connectivity index (χ0n) is 27.6. The number of carbonyl (C=O) groups is 1. The van der Waals surface area contributed by atoms with Gasteiger partial charge in [0.2, 0.25) is 0 Å². The van der Waals surface area contributed by atoms with E-state index in [1.54, 1.807) is 14.2 Å². The molecule has 7 heteroatoms. The number of ether oxygens (including phenoxy) is 5. The second-order valence-corrected chi connectivity index (χ2v) is 12.4. The zero-order chi connectivity index (χ0) is 31.1. The van der Waals surface area contributed by atoms with Gasteiger partial charge in [-0.05, 0) is 73.3 Å². The van der Waals surface area contributed by atoms with Gasteiger partial charge in [-0.15, -0.1) is 0 Å². The lowest BCUT2D eigenvalue weighted by molar-refractivity contribution is -0.123. The number of carbonyl (C=O) groups excluding carboxylic acids is 1. The molecule has 0 radical (unpaired) electrons. The molecule has 0 amide bonds. The van der Waals surface area contributed by atoms with Gasteiger partial charge in [-0.3, -0.25) is 4.79 Å². The number of hydrogen-bond donors (Lipinski definition) is 0. The Kier molecular flexibility index (Phi) is 14.5. The molecule has 4 rings (SSSR count). The van der Waals surface area contributed by atoms with Gasteiger partial charge < -0.3 is 28.6 Å². The summed E-state index contributed by atoms with van der Waals surface area (Å²) >= 11 is 0. The molecule has 2 aromatic rings. The first-order chi connectivity index (χ1) is 21.6. The normalized spacial score (nSPS) is 20.0. The molecule has 2 aromatic carbocycles. The van der Waals surface area contributed by atoms with Crippen LogP contribution in [0.1, 0.15) is 87.8 Å². The van der Waals surface area contributed by atoms with E-state index in [0.717, 1.165) is 81.6 Å². The van der Waals surface area contributed by atoms with E-state index in [1.807, 2.05) is 0 Å². The molecule has 1 heterocycles. The molecule has 44 heavy (non-hydrogen) atoms. The Labute approximate surface area is 265 Å². The molecule has 0 unspecified atom stereocenters. The Morgan fingerprint density at radius 2 is 1.73 bits per heavy atom. The first kappa shape index (κ1) is 34.4. The molecule has 1 saturated carbocycles. The molecule has 1 aliphatic heterocycles. The van der Waals surface area contributed by atoms with Crippen molar-refractivity contribution in [2.45, 2.75) is 90.4 Å². The molecule has 1 fully saturated rings. The maximum absolute atomic E-state index is 13.0. The van der Waals surface area contributed by atoms with Crippen LogP contribution in [0.5, 0.6) is 5.75 Å². The van der Waals surface area contributed by atoms with Crippen LogP contribution >= 0.6 is 0 Å². The van der Waals surface area contributed by atoms with Gasteiger partial charge in [0, 0.05) is 45.6 Å². The second kappa shape index (κ2) is 18.5. The average molecular weight is 610 g/mol. The topological polar surface area (TPSA) is 66.5 Å². The number of anilines is 1. The first-order valence-electron chi connectivity index (χ1n) is 16.9. The summed E-state index contributed by atoms with van der Waals surface area (Å²) < 4.78 is 28.9. The minimum atomic E-state index is 0.103. The number of benzene rings is 2. The van der Waals surface area contributed by atoms with Crippen molar-refractivity contribution in [3.63, 3.8) is 0 Å². The SMILES string of the molecule is CCC(CC)C(=O)CC[C@@H]1CCC[C@H](OCc2ccc3c(c2)N(CCCOC)CCO3)[C@H]1c1ccc(COCCOC)cc1. The highest BCUT2D eigenvalue weighted by molar-refractivity contribution is 5.80. The van der Waals surface area contributed by atoms with E-state index in [4.69, 9.17) is 23.7 Å². The smallest absolute Gasteiger partial charge is 0.142 e. The quantitative estimate of drug-likeness (QED) is 0.154. The molecular formula is C37H55NO6. The predicted octanol–water partition coefficient (Wildman–Crippen LogP) is 7.34. The van der Waals surface area contributed by atoms with E-state index in [0.29, 0.717) is 51.2 Å². The third-order valence-corrected chi connectivity index (χ3v) is 9.46. The van der Waals surface area contributed by atoms with Gasteiger partial charge in [0.15, 0.2) is 0 Å². The van der Waals surface area contributed by atoms with Gasteiger partial charge in [-0.2, -0.15) is 0 Å². The monoisotopic (exact) mass is 609 g/mol. The fourth-order valence-corrected chi connectivity index (χ4v) is 6.93. The van der Waals surface area contributed by atoms with Gasteiger partial charge in [0.05, 0.1) is 44.8 Å². The summed E-state index contributed by atoms with van der Waals surface area (Å²) in [6, 6.07) is 15.3. The van der Waals surface area contributed by atoms with Crippen molar-refractivity contribution in [1.82, 2.24) is 0 Å². The van der Waals surface area contributed by atoms with Crippen molar-refractivity contribution in [1.29, 1.82) is 0 Å². The molecule has 0 saturated heterocycles. The molecule has 2 aliphatic rings. The summed E-state index contributed by atoms with van der Waals surface area (Å²) in [5.74, 6) is 2.23. The molecular weight excluding hydrogens is 554 g/mol. The first-order valence-corrected chi connectivity index (χ1v) is 16.9. The van der Waals surface area contributed by atoms with Crippen molar-refractivity contribution in [3.8, 4) is 5.75 Å². The third kappa shape index (κ3) is 9.77. The van der Waals surface area contributed by atoms with Gasteiger partial charge in [0.25, 0.3) is 0 Å². The van der Waals surface area contributed by atoms with Gasteiger partial charge >= 0.3 is 0 Å². The highest BCUT2D eigenvalue weighted by Gasteiger charge is 2.35. The maximum atomic E-state index is 13.0. The number of Topliss-reactive ketones (excluding diaryl/α,β-unsaturated/α-hetero) is 1. The average Bonchev–Trinajstić information content (AvgIpc) is 3.06. The molecule has 0 N–H and O–H groups in total. The molecule has 244 valence electrons. The molecule has 7 nitrogen and oxygen atoms in total. The Morgan fingerprint density at radius 1 is 0.955 bits per heavy atom. The largest absolute Gasteiger partial charge is 0.490 e. The number of nitrogens with zero attached hydrogens (tertiary/aromatic N) is 1. The highest BCUT2D eigenvalue weighted by Crippen LogP contribution is 2.43. The van der Waals surface area contributed by atoms with Crippen LogP contribution < -0.4 is 9.64 Å². The lowest BCUT2D eigenvalue weighted by Crippen LogP contribution is -2.34. The second-order valence-electron chi connectivity index (χ2n) is 12.4. The number of fused-ring (bicyclic) bond motifs is 1. The third-order valence-electron chi connectivity index (χ3n) is 9.46. The molecule has 3 atom stereocenters. The van der Waals surface area contributed by atoms with Crippen molar-refractivity contribution >= 4 is 11.5 Å².